The summed E-state index contributed by atoms with van der Waals surface area (Å²) in [6.45, 7) is 6.61. The summed E-state index contributed by atoms with van der Waals surface area (Å²) in [5, 5.41) is 0. The normalized spacial score (nSPS) is 12.3. The number of rotatable bonds is 62. The summed E-state index contributed by atoms with van der Waals surface area (Å²) in [6, 6.07) is 0. The molecule has 0 N–H and O–H groups in total. The zero-order valence-corrected chi connectivity index (χ0v) is 51.0. The Bertz CT molecular complexity index is 1310. The fraction of sp³-hybridized carbons (Fsp3) is 0.843. The summed E-state index contributed by atoms with van der Waals surface area (Å²) in [4.78, 5) is 38.2. The van der Waals surface area contributed by atoms with E-state index < -0.39 is 6.10 Å². The number of ether oxygens (including phenoxy) is 3. The molecule has 0 saturated carbocycles. The van der Waals surface area contributed by atoms with E-state index >= 15 is 0 Å². The monoisotopic (exact) mass is 1060 g/mol. The van der Waals surface area contributed by atoms with Gasteiger partial charge in [-0.2, -0.15) is 0 Å². The molecular formula is C70H128O6. The third-order valence-corrected chi connectivity index (χ3v) is 15.0. The van der Waals surface area contributed by atoms with Crippen molar-refractivity contribution in [3.05, 3.63) is 48.6 Å². The Balaban J connectivity index is 4.13. The van der Waals surface area contributed by atoms with Crippen molar-refractivity contribution in [1.29, 1.82) is 0 Å². The molecule has 0 fully saturated rings. The van der Waals surface area contributed by atoms with Crippen molar-refractivity contribution in [1.82, 2.24) is 0 Å². The SMILES string of the molecule is CCC/C=C\CCCCCCCC(=O)OCC(COC(=O)CCCCCCCCCCCCCCCCCCC/C=C\C/C=C\CCCCCCC)OC(=O)CCCCCCCCCCC/C=C\CCCCCCCC. The molecule has 0 radical (unpaired) electrons. The van der Waals surface area contributed by atoms with Crippen LogP contribution in [0.3, 0.4) is 0 Å². The van der Waals surface area contributed by atoms with E-state index in [2.05, 4.69) is 69.4 Å². The lowest BCUT2D eigenvalue weighted by atomic mass is 10.0. The molecule has 444 valence electrons. The zero-order valence-electron chi connectivity index (χ0n) is 51.0. The number of carbonyl (C=O) groups excluding carboxylic acids is 3. The van der Waals surface area contributed by atoms with Gasteiger partial charge >= 0.3 is 17.9 Å². The molecule has 1 unspecified atom stereocenters. The Hall–Kier alpha value is -2.63. The van der Waals surface area contributed by atoms with E-state index in [0.717, 1.165) is 77.0 Å². The molecule has 6 nitrogen and oxygen atoms in total. The maximum Gasteiger partial charge on any atom is 0.306 e. The summed E-state index contributed by atoms with van der Waals surface area (Å²) in [6.07, 6.45) is 81.4. The maximum absolute atomic E-state index is 12.9. The van der Waals surface area contributed by atoms with Gasteiger partial charge in [-0.1, -0.05) is 294 Å². The van der Waals surface area contributed by atoms with E-state index in [-0.39, 0.29) is 31.1 Å². The average molecular weight is 1070 g/mol. The summed E-state index contributed by atoms with van der Waals surface area (Å²) < 4.78 is 16.9. The van der Waals surface area contributed by atoms with Crippen molar-refractivity contribution >= 4 is 17.9 Å². The minimum Gasteiger partial charge on any atom is -0.462 e. The van der Waals surface area contributed by atoms with Crippen LogP contribution in [0.2, 0.25) is 0 Å². The van der Waals surface area contributed by atoms with Gasteiger partial charge in [0.05, 0.1) is 0 Å². The highest BCUT2D eigenvalue weighted by Gasteiger charge is 2.19. The first-order chi connectivity index (χ1) is 37.5. The van der Waals surface area contributed by atoms with Crippen LogP contribution in [0.1, 0.15) is 361 Å². The molecule has 1 atom stereocenters. The molecular weight excluding hydrogens is 937 g/mol. The van der Waals surface area contributed by atoms with E-state index in [1.165, 1.54) is 244 Å². The zero-order chi connectivity index (χ0) is 55.0. The Kier molecular flexibility index (Phi) is 62.6. The van der Waals surface area contributed by atoms with Crippen LogP contribution >= 0.6 is 0 Å². The lowest BCUT2D eigenvalue weighted by molar-refractivity contribution is -0.167. The van der Waals surface area contributed by atoms with E-state index in [0.29, 0.717) is 19.3 Å². The quantitative estimate of drug-likeness (QED) is 0.0261. The summed E-state index contributed by atoms with van der Waals surface area (Å²) in [5.41, 5.74) is 0. The predicted octanol–water partition coefficient (Wildman–Crippen LogP) is 22.9. The first kappa shape index (κ1) is 73.4. The molecule has 0 bridgehead atoms. The third-order valence-electron chi connectivity index (χ3n) is 15.0. The second-order valence-corrected chi connectivity index (χ2v) is 22.7. The maximum atomic E-state index is 12.9. The molecule has 0 aromatic carbocycles. The van der Waals surface area contributed by atoms with Crippen LogP contribution < -0.4 is 0 Å². The second-order valence-electron chi connectivity index (χ2n) is 22.7. The van der Waals surface area contributed by atoms with Gasteiger partial charge < -0.3 is 14.2 Å². The second kappa shape index (κ2) is 64.9. The highest BCUT2D eigenvalue weighted by Crippen LogP contribution is 2.17. The van der Waals surface area contributed by atoms with Crippen LogP contribution in [-0.4, -0.2) is 37.2 Å². The Morgan fingerprint density at radius 1 is 0.263 bits per heavy atom. The van der Waals surface area contributed by atoms with Crippen molar-refractivity contribution in [2.75, 3.05) is 13.2 Å². The molecule has 0 aliphatic carbocycles. The van der Waals surface area contributed by atoms with E-state index in [1.807, 2.05) is 0 Å². The fourth-order valence-corrected chi connectivity index (χ4v) is 9.94. The van der Waals surface area contributed by atoms with Gasteiger partial charge in [-0.15, -0.1) is 0 Å². The number of hydrogen-bond acceptors (Lipinski definition) is 6. The lowest BCUT2D eigenvalue weighted by Crippen LogP contribution is -2.30. The molecule has 6 heteroatoms. The summed E-state index contributed by atoms with van der Waals surface area (Å²) in [5.74, 6) is -0.866. The van der Waals surface area contributed by atoms with Crippen LogP contribution in [0.4, 0.5) is 0 Å². The third kappa shape index (κ3) is 62.2. The fourth-order valence-electron chi connectivity index (χ4n) is 9.94. The molecule has 0 saturated heterocycles. The summed E-state index contributed by atoms with van der Waals surface area (Å²) >= 11 is 0. The molecule has 0 amide bonds. The topological polar surface area (TPSA) is 78.9 Å². The first-order valence-corrected chi connectivity index (χ1v) is 33.6. The van der Waals surface area contributed by atoms with E-state index in [4.69, 9.17) is 14.2 Å². The Morgan fingerprint density at radius 2 is 0.500 bits per heavy atom. The van der Waals surface area contributed by atoms with Crippen LogP contribution in [0.15, 0.2) is 48.6 Å². The van der Waals surface area contributed by atoms with E-state index in [9.17, 15) is 14.4 Å². The molecule has 0 aromatic heterocycles. The number of esters is 3. The van der Waals surface area contributed by atoms with Crippen LogP contribution in [0.25, 0.3) is 0 Å². The van der Waals surface area contributed by atoms with Crippen molar-refractivity contribution in [2.24, 2.45) is 0 Å². The number of unbranched alkanes of at least 4 members (excludes halogenated alkanes) is 43. The molecule has 0 aliphatic heterocycles. The van der Waals surface area contributed by atoms with Gasteiger partial charge in [-0.25, -0.2) is 0 Å². The molecule has 0 rings (SSSR count). The van der Waals surface area contributed by atoms with Crippen molar-refractivity contribution in [3.63, 3.8) is 0 Å². The van der Waals surface area contributed by atoms with Gasteiger partial charge in [0.25, 0.3) is 0 Å². The van der Waals surface area contributed by atoms with Crippen LogP contribution in [0.5, 0.6) is 0 Å². The Labute approximate surface area is 473 Å². The molecule has 0 heterocycles. The number of carbonyl (C=O) groups is 3. The van der Waals surface area contributed by atoms with Crippen molar-refractivity contribution in [3.8, 4) is 0 Å². The van der Waals surface area contributed by atoms with Gasteiger partial charge in [0.2, 0.25) is 0 Å². The predicted molar refractivity (Wildman–Crippen MR) is 330 cm³/mol. The molecule has 0 aliphatic rings. The minimum atomic E-state index is -0.776. The highest BCUT2D eigenvalue weighted by molar-refractivity contribution is 5.71. The van der Waals surface area contributed by atoms with Crippen molar-refractivity contribution in [2.45, 2.75) is 367 Å². The number of hydrogen-bond donors (Lipinski definition) is 0. The number of allylic oxidation sites excluding steroid dienone is 8. The minimum absolute atomic E-state index is 0.0731. The standard InChI is InChI=1S/C70H128O6/c1-4-7-10-13-16-19-22-24-26-28-30-31-32-33-34-35-36-37-38-39-41-42-44-46-48-51-54-57-60-63-69(72)75-66-67(65-74-68(71)62-59-56-53-50-21-18-15-12-9-6-3)76-70(73)64-61-58-55-52-49-47-45-43-40-29-27-25-23-20-17-14-11-8-5-2/h12,15,22,24-25,27-28,30,67H,4-11,13-14,16-21,23,26,29,31-66H2,1-3H3/b15-12-,24-22-,27-25-,30-28-. The first-order valence-electron chi connectivity index (χ1n) is 33.6. The smallest absolute Gasteiger partial charge is 0.306 e. The molecule has 0 spiro atoms. The van der Waals surface area contributed by atoms with Crippen LogP contribution in [-0.2, 0) is 28.6 Å². The largest absolute Gasteiger partial charge is 0.462 e. The molecule has 0 aromatic rings. The van der Waals surface area contributed by atoms with Gasteiger partial charge in [0, 0.05) is 19.3 Å². The van der Waals surface area contributed by atoms with Crippen LogP contribution in [0, 0.1) is 0 Å². The average Bonchev–Trinajstić information content (AvgIpc) is 3.42. The lowest BCUT2D eigenvalue weighted by Gasteiger charge is -2.18. The molecule has 76 heavy (non-hydrogen) atoms. The van der Waals surface area contributed by atoms with Gasteiger partial charge in [0.15, 0.2) is 6.10 Å². The van der Waals surface area contributed by atoms with Gasteiger partial charge in [-0.05, 0) is 96.3 Å². The highest BCUT2D eigenvalue weighted by atomic mass is 16.6. The Morgan fingerprint density at radius 3 is 0.789 bits per heavy atom. The van der Waals surface area contributed by atoms with Crippen molar-refractivity contribution < 1.29 is 28.6 Å². The van der Waals surface area contributed by atoms with E-state index in [1.54, 1.807) is 0 Å². The summed E-state index contributed by atoms with van der Waals surface area (Å²) in [7, 11) is 0. The van der Waals surface area contributed by atoms with Gasteiger partial charge in [-0.3, -0.25) is 14.4 Å². The van der Waals surface area contributed by atoms with Gasteiger partial charge in [0.1, 0.15) is 13.2 Å².